The third kappa shape index (κ3) is 3.76. The maximum absolute atomic E-state index is 14.0. The van der Waals surface area contributed by atoms with E-state index in [1.165, 1.54) is 7.11 Å². The molecule has 9 heteroatoms. The highest BCUT2D eigenvalue weighted by Gasteiger charge is 2.49. The zero-order valence-corrected chi connectivity index (χ0v) is 21.3. The van der Waals surface area contributed by atoms with Crippen LogP contribution >= 0.6 is 11.3 Å². The number of rotatable bonds is 7. The molecule has 5 rings (SSSR count). The first-order chi connectivity index (χ1) is 17.4. The number of carbonyl (C=O) groups is 2. The number of para-hydroxylation sites is 1. The van der Waals surface area contributed by atoms with Crippen molar-refractivity contribution in [2.24, 2.45) is 0 Å². The molecule has 2 aromatic carbocycles. The molecule has 1 N–H and O–H groups in total. The van der Waals surface area contributed by atoms with E-state index in [9.17, 15) is 9.59 Å². The monoisotopic (exact) mass is 505 g/mol. The summed E-state index contributed by atoms with van der Waals surface area (Å²) in [6.07, 6.45) is 0. The minimum Gasteiger partial charge on any atom is -0.496 e. The first-order valence-electron chi connectivity index (χ1n) is 11.4. The van der Waals surface area contributed by atoms with Crippen LogP contribution in [-0.4, -0.2) is 43.2 Å². The fraction of sp³-hybridized carbons (Fsp3) is 0.259. The standard InChI is InChI=1S/C27H27N3O5S/c1-27(26(32)28-15-18-7-5-6-8-21(18)33-2)16-29-20(13-17-11-12-36-25(17)29)24(31)30(27)19-9-10-22(34-3)23(14-19)35-4/h5-14H,15-16H2,1-4H3,(H,28,32)/t27-/m1/s1. The van der Waals surface area contributed by atoms with Gasteiger partial charge in [-0.05, 0) is 42.6 Å². The maximum atomic E-state index is 14.0. The molecule has 3 heterocycles. The van der Waals surface area contributed by atoms with Crippen LogP contribution in [0.15, 0.2) is 60.0 Å². The summed E-state index contributed by atoms with van der Waals surface area (Å²) in [5.74, 6) is 1.17. The van der Waals surface area contributed by atoms with Gasteiger partial charge in [-0.1, -0.05) is 18.2 Å². The van der Waals surface area contributed by atoms with Crippen LogP contribution in [0.4, 0.5) is 5.69 Å². The van der Waals surface area contributed by atoms with E-state index >= 15 is 0 Å². The van der Waals surface area contributed by atoms with Crippen molar-refractivity contribution in [3.05, 3.63) is 71.2 Å². The predicted molar refractivity (Wildman–Crippen MR) is 139 cm³/mol. The van der Waals surface area contributed by atoms with Crippen LogP contribution in [0.5, 0.6) is 17.2 Å². The van der Waals surface area contributed by atoms with Gasteiger partial charge in [-0.15, -0.1) is 11.3 Å². The summed E-state index contributed by atoms with van der Waals surface area (Å²) in [5.41, 5.74) is 0.714. The average Bonchev–Trinajstić information content (AvgIpc) is 3.49. The number of aromatic nitrogens is 1. The number of hydrogen-bond donors (Lipinski definition) is 1. The second kappa shape index (κ2) is 9.23. The maximum Gasteiger partial charge on any atom is 0.275 e. The van der Waals surface area contributed by atoms with Crippen LogP contribution in [0, 0.1) is 0 Å². The molecule has 0 radical (unpaired) electrons. The van der Waals surface area contributed by atoms with Crippen LogP contribution in [0.25, 0.3) is 10.2 Å². The van der Waals surface area contributed by atoms with Crippen molar-refractivity contribution in [1.29, 1.82) is 0 Å². The molecule has 0 spiro atoms. The lowest BCUT2D eigenvalue weighted by Crippen LogP contribution is -2.64. The summed E-state index contributed by atoms with van der Waals surface area (Å²) in [4.78, 5) is 30.4. The molecule has 0 saturated carbocycles. The topological polar surface area (TPSA) is 82.0 Å². The Hall–Kier alpha value is -3.98. The molecule has 1 aliphatic heterocycles. The van der Waals surface area contributed by atoms with Crippen molar-refractivity contribution in [3.8, 4) is 17.2 Å². The highest BCUT2D eigenvalue weighted by molar-refractivity contribution is 7.16. The third-order valence-corrected chi connectivity index (χ3v) is 7.58. The Balaban J connectivity index is 1.58. The van der Waals surface area contributed by atoms with Crippen LogP contribution in [0.1, 0.15) is 23.0 Å². The van der Waals surface area contributed by atoms with E-state index < -0.39 is 5.54 Å². The third-order valence-electron chi connectivity index (χ3n) is 6.63. The summed E-state index contributed by atoms with van der Waals surface area (Å²) in [6.45, 7) is 2.35. The van der Waals surface area contributed by atoms with Crippen LogP contribution in [0.3, 0.4) is 0 Å². The number of fused-ring (bicyclic) bond motifs is 3. The SMILES string of the molecule is COc1ccccc1CNC(=O)[C@@]1(C)Cn2c(cc3ccsc32)C(=O)N1c1ccc(OC)c(OC)c1. The first-order valence-corrected chi connectivity index (χ1v) is 12.3. The number of benzene rings is 2. The number of carbonyl (C=O) groups excluding carboxylic acids is 2. The predicted octanol–water partition coefficient (Wildman–Crippen LogP) is 4.46. The number of amides is 2. The van der Waals surface area contributed by atoms with Gasteiger partial charge in [0.2, 0.25) is 5.91 Å². The van der Waals surface area contributed by atoms with Gasteiger partial charge in [0.1, 0.15) is 21.8 Å². The molecular weight excluding hydrogens is 478 g/mol. The van der Waals surface area contributed by atoms with Gasteiger partial charge in [0.25, 0.3) is 5.91 Å². The van der Waals surface area contributed by atoms with Gasteiger partial charge in [0.05, 0.1) is 27.9 Å². The Bertz CT molecular complexity index is 1460. The molecule has 186 valence electrons. The molecule has 2 amide bonds. The lowest BCUT2D eigenvalue weighted by Gasteiger charge is -2.44. The number of nitrogens with zero attached hydrogens (tertiary/aromatic N) is 2. The van der Waals surface area contributed by atoms with Gasteiger partial charge >= 0.3 is 0 Å². The number of hydrogen-bond acceptors (Lipinski definition) is 6. The second-order valence-corrected chi connectivity index (χ2v) is 9.64. The van der Waals surface area contributed by atoms with Gasteiger partial charge in [0.15, 0.2) is 11.5 Å². The Morgan fingerprint density at radius 3 is 2.50 bits per heavy atom. The molecule has 0 saturated heterocycles. The summed E-state index contributed by atoms with van der Waals surface area (Å²) < 4.78 is 18.2. The molecule has 36 heavy (non-hydrogen) atoms. The molecule has 1 atom stereocenters. The van der Waals surface area contributed by atoms with E-state index in [4.69, 9.17) is 14.2 Å². The normalized spacial score (nSPS) is 17.1. The molecule has 0 unspecified atom stereocenters. The van der Waals surface area contributed by atoms with Crippen LogP contribution < -0.4 is 24.4 Å². The first kappa shape index (κ1) is 23.7. The number of anilines is 1. The van der Waals surface area contributed by atoms with Crippen molar-refractivity contribution in [2.45, 2.75) is 25.6 Å². The second-order valence-electron chi connectivity index (χ2n) is 8.75. The highest BCUT2D eigenvalue weighted by atomic mass is 32.1. The quantitative estimate of drug-likeness (QED) is 0.401. The fourth-order valence-corrected chi connectivity index (χ4v) is 5.68. The van der Waals surface area contributed by atoms with Crippen LogP contribution in [-0.2, 0) is 17.9 Å². The van der Waals surface area contributed by atoms with Crippen LogP contribution in [0.2, 0.25) is 0 Å². The molecular formula is C27H27N3O5S. The molecule has 8 nitrogen and oxygen atoms in total. The highest BCUT2D eigenvalue weighted by Crippen LogP contribution is 2.40. The van der Waals surface area contributed by atoms with E-state index in [0.29, 0.717) is 35.2 Å². The number of nitrogens with one attached hydrogen (secondary N) is 1. The minimum absolute atomic E-state index is 0.258. The number of thiophene rings is 1. The Morgan fingerprint density at radius 2 is 1.75 bits per heavy atom. The van der Waals surface area contributed by atoms with Crippen molar-refractivity contribution in [2.75, 3.05) is 26.2 Å². The van der Waals surface area contributed by atoms with E-state index in [2.05, 4.69) is 5.32 Å². The van der Waals surface area contributed by atoms with Crippen molar-refractivity contribution >= 4 is 39.1 Å². The van der Waals surface area contributed by atoms with Crippen molar-refractivity contribution in [3.63, 3.8) is 0 Å². The van der Waals surface area contributed by atoms with Gasteiger partial charge in [0, 0.05) is 29.2 Å². The zero-order chi connectivity index (χ0) is 25.4. The molecule has 0 fully saturated rings. The molecule has 1 aliphatic rings. The van der Waals surface area contributed by atoms with Gasteiger partial charge < -0.3 is 24.1 Å². The number of methoxy groups -OCH3 is 3. The number of ether oxygens (including phenoxy) is 3. The lowest BCUT2D eigenvalue weighted by molar-refractivity contribution is -0.126. The van der Waals surface area contributed by atoms with Crippen molar-refractivity contribution in [1.82, 2.24) is 9.88 Å². The summed E-state index contributed by atoms with van der Waals surface area (Å²) >= 11 is 1.55. The van der Waals surface area contributed by atoms with Crippen molar-refractivity contribution < 1.29 is 23.8 Å². The van der Waals surface area contributed by atoms with Gasteiger partial charge in [-0.3, -0.25) is 14.5 Å². The lowest BCUT2D eigenvalue weighted by atomic mass is 9.93. The van der Waals surface area contributed by atoms with E-state index in [-0.39, 0.29) is 18.4 Å². The minimum atomic E-state index is -1.22. The fourth-order valence-electron chi connectivity index (χ4n) is 4.78. The smallest absolute Gasteiger partial charge is 0.275 e. The van der Waals surface area contributed by atoms with E-state index in [1.54, 1.807) is 55.6 Å². The Morgan fingerprint density at radius 1 is 1.00 bits per heavy atom. The zero-order valence-electron chi connectivity index (χ0n) is 20.5. The summed E-state index contributed by atoms with van der Waals surface area (Å²) in [6, 6.07) is 16.6. The van der Waals surface area contributed by atoms with Gasteiger partial charge in [-0.2, -0.15) is 0 Å². The molecule has 0 aliphatic carbocycles. The Labute approximate surface area is 213 Å². The largest absolute Gasteiger partial charge is 0.496 e. The van der Waals surface area contributed by atoms with E-state index in [0.717, 1.165) is 15.8 Å². The summed E-state index contributed by atoms with van der Waals surface area (Å²) in [7, 11) is 4.69. The summed E-state index contributed by atoms with van der Waals surface area (Å²) in [5, 5.41) is 6.01. The van der Waals surface area contributed by atoms with Gasteiger partial charge in [-0.25, -0.2) is 0 Å². The Kier molecular flexibility index (Phi) is 6.09. The molecule has 0 bridgehead atoms. The molecule has 2 aromatic heterocycles. The molecule has 4 aromatic rings. The van der Waals surface area contributed by atoms with E-state index in [1.807, 2.05) is 46.3 Å². The average molecular weight is 506 g/mol.